The van der Waals surface area contributed by atoms with Crippen LogP contribution in [-0.4, -0.2) is 12.6 Å². The molecule has 2 bridgehead atoms. The highest BCUT2D eigenvalue weighted by atomic mass is 14.9. The molecule has 5 unspecified atom stereocenters. The van der Waals surface area contributed by atoms with Crippen molar-refractivity contribution in [3.8, 4) is 0 Å². The maximum Gasteiger partial charge on any atom is 0.0123 e. The van der Waals surface area contributed by atoms with Crippen molar-refractivity contribution < 1.29 is 0 Å². The molecular formula is C14H27N. The van der Waals surface area contributed by atoms with Crippen LogP contribution < -0.4 is 5.32 Å². The second-order valence-corrected chi connectivity index (χ2v) is 5.81. The predicted molar refractivity (Wildman–Crippen MR) is 65.9 cm³/mol. The number of hydrogen-bond donors (Lipinski definition) is 1. The minimum Gasteiger partial charge on any atom is -0.314 e. The van der Waals surface area contributed by atoms with Crippen LogP contribution >= 0.6 is 0 Å². The average Bonchev–Trinajstić information content (AvgIpc) is 2.86. The molecule has 2 fully saturated rings. The zero-order valence-electron chi connectivity index (χ0n) is 10.6. The van der Waals surface area contributed by atoms with Crippen molar-refractivity contribution >= 4 is 0 Å². The fraction of sp³-hybridized carbons (Fsp3) is 1.00. The summed E-state index contributed by atoms with van der Waals surface area (Å²) in [6.45, 7) is 8.16. The highest BCUT2D eigenvalue weighted by molar-refractivity contribution is 4.96. The van der Waals surface area contributed by atoms with E-state index < -0.39 is 0 Å². The summed E-state index contributed by atoms with van der Waals surface area (Å²) in [5.74, 6) is 4.01. The van der Waals surface area contributed by atoms with E-state index in [2.05, 4.69) is 26.1 Å². The van der Waals surface area contributed by atoms with Gasteiger partial charge in [-0.15, -0.1) is 0 Å². The lowest BCUT2D eigenvalue weighted by Gasteiger charge is -2.35. The van der Waals surface area contributed by atoms with Crippen LogP contribution in [0.5, 0.6) is 0 Å². The van der Waals surface area contributed by atoms with E-state index in [-0.39, 0.29) is 0 Å². The number of hydrogen-bond acceptors (Lipinski definition) is 1. The monoisotopic (exact) mass is 209 g/mol. The summed E-state index contributed by atoms with van der Waals surface area (Å²) in [6.07, 6.45) is 7.44. The Morgan fingerprint density at radius 2 is 2.00 bits per heavy atom. The van der Waals surface area contributed by atoms with Crippen LogP contribution in [0.2, 0.25) is 0 Å². The molecule has 2 aliphatic carbocycles. The van der Waals surface area contributed by atoms with Crippen molar-refractivity contribution in [1.29, 1.82) is 0 Å². The first-order valence-electron chi connectivity index (χ1n) is 6.99. The third-order valence-corrected chi connectivity index (χ3v) is 4.95. The Hall–Kier alpha value is -0.0400. The molecule has 1 N–H and O–H groups in total. The van der Waals surface area contributed by atoms with Gasteiger partial charge in [0.2, 0.25) is 0 Å². The van der Waals surface area contributed by atoms with Crippen LogP contribution in [0, 0.1) is 23.7 Å². The molecule has 0 spiro atoms. The first-order valence-corrected chi connectivity index (χ1v) is 6.99. The fourth-order valence-corrected chi connectivity index (χ4v) is 4.00. The molecule has 0 aromatic heterocycles. The highest BCUT2D eigenvalue weighted by Crippen LogP contribution is 2.50. The smallest absolute Gasteiger partial charge is 0.0123 e. The lowest BCUT2D eigenvalue weighted by Crippen LogP contribution is -2.43. The van der Waals surface area contributed by atoms with Crippen molar-refractivity contribution in [2.24, 2.45) is 23.7 Å². The van der Waals surface area contributed by atoms with Gasteiger partial charge in [0.1, 0.15) is 0 Å². The van der Waals surface area contributed by atoms with Gasteiger partial charge in [-0.1, -0.05) is 33.6 Å². The number of rotatable bonds is 5. The number of nitrogens with one attached hydrogen (secondary N) is 1. The predicted octanol–water partition coefficient (Wildman–Crippen LogP) is 3.45. The highest BCUT2D eigenvalue weighted by Gasteiger charge is 2.43. The van der Waals surface area contributed by atoms with E-state index in [4.69, 9.17) is 0 Å². The second-order valence-electron chi connectivity index (χ2n) is 5.81. The Morgan fingerprint density at radius 3 is 2.47 bits per heavy atom. The molecular weight excluding hydrogens is 182 g/mol. The van der Waals surface area contributed by atoms with Gasteiger partial charge in [-0.3, -0.25) is 0 Å². The Kier molecular flexibility index (Phi) is 3.71. The molecule has 0 aliphatic heterocycles. The Bertz CT molecular complexity index is 202. The topological polar surface area (TPSA) is 12.0 Å². The molecule has 1 nitrogen and oxygen atoms in total. The molecule has 0 aromatic rings. The minimum atomic E-state index is 0.801. The van der Waals surface area contributed by atoms with Gasteiger partial charge >= 0.3 is 0 Å². The molecule has 0 saturated heterocycles. The van der Waals surface area contributed by atoms with Crippen molar-refractivity contribution in [1.82, 2.24) is 5.32 Å². The van der Waals surface area contributed by atoms with Crippen LogP contribution in [0.3, 0.4) is 0 Å². The Morgan fingerprint density at radius 1 is 1.20 bits per heavy atom. The van der Waals surface area contributed by atoms with Gasteiger partial charge in [-0.05, 0) is 49.5 Å². The molecule has 0 radical (unpaired) electrons. The largest absolute Gasteiger partial charge is 0.314 e. The van der Waals surface area contributed by atoms with Gasteiger partial charge in [0.15, 0.2) is 0 Å². The van der Waals surface area contributed by atoms with Crippen molar-refractivity contribution in [2.45, 2.75) is 58.9 Å². The van der Waals surface area contributed by atoms with Crippen molar-refractivity contribution in [3.05, 3.63) is 0 Å². The Labute approximate surface area is 95.0 Å². The molecule has 88 valence electrons. The first-order chi connectivity index (χ1) is 7.26. The maximum absolute atomic E-state index is 3.76. The summed E-state index contributed by atoms with van der Waals surface area (Å²) in [5, 5.41) is 3.76. The van der Waals surface area contributed by atoms with Crippen LogP contribution in [0.1, 0.15) is 52.9 Å². The van der Waals surface area contributed by atoms with Gasteiger partial charge < -0.3 is 5.32 Å². The fourth-order valence-electron chi connectivity index (χ4n) is 4.00. The number of fused-ring (bicyclic) bond motifs is 2. The summed E-state index contributed by atoms with van der Waals surface area (Å²) in [4.78, 5) is 0. The van der Waals surface area contributed by atoms with Gasteiger partial charge in [-0.2, -0.15) is 0 Å². The van der Waals surface area contributed by atoms with Gasteiger partial charge in [0.05, 0.1) is 0 Å². The van der Waals surface area contributed by atoms with E-state index in [0.717, 1.165) is 36.3 Å². The summed E-state index contributed by atoms with van der Waals surface area (Å²) in [5.41, 5.74) is 0. The van der Waals surface area contributed by atoms with E-state index in [1.807, 2.05) is 0 Å². The lowest BCUT2D eigenvalue weighted by molar-refractivity contribution is 0.197. The van der Waals surface area contributed by atoms with Crippen LogP contribution in [0.25, 0.3) is 0 Å². The van der Waals surface area contributed by atoms with E-state index in [1.54, 1.807) is 6.42 Å². The molecule has 15 heavy (non-hydrogen) atoms. The van der Waals surface area contributed by atoms with Crippen LogP contribution in [-0.2, 0) is 0 Å². The molecule has 0 amide bonds. The Balaban J connectivity index is 1.98. The minimum absolute atomic E-state index is 0.801. The molecule has 0 aromatic carbocycles. The molecule has 5 atom stereocenters. The standard InChI is InChI=1S/C14H27N/c1-4-10(3)14(15-5-2)13-9-11-6-7-12(13)8-11/h10-15H,4-9H2,1-3H3. The molecule has 1 heteroatoms. The molecule has 2 aliphatic rings. The quantitative estimate of drug-likeness (QED) is 0.731. The third-order valence-electron chi connectivity index (χ3n) is 4.95. The summed E-state index contributed by atoms with van der Waals surface area (Å²) in [6, 6.07) is 0.801. The first kappa shape index (κ1) is 11.4. The van der Waals surface area contributed by atoms with Gasteiger partial charge in [0.25, 0.3) is 0 Å². The molecule has 2 saturated carbocycles. The SMILES string of the molecule is CCNC(C(C)CC)C1CC2CCC1C2. The second kappa shape index (κ2) is 4.86. The maximum atomic E-state index is 3.76. The lowest BCUT2D eigenvalue weighted by atomic mass is 9.78. The summed E-state index contributed by atoms with van der Waals surface area (Å²) >= 11 is 0. The normalized spacial score (nSPS) is 38.2. The van der Waals surface area contributed by atoms with Crippen LogP contribution in [0.4, 0.5) is 0 Å². The third kappa shape index (κ3) is 2.22. The van der Waals surface area contributed by atoms with E-state index in [9.17, 15) is 0 Å². The zero-order chi connectivity index (χ0) is 10.8. The van der Waals surface area contributed by atoms with Crippen LogP contribution in [0.15, 0.2) is 0 Å². The molecule has 0 heterocycles. The van der Waals surface area contributed by atoms with E-state index in [0.29, 0.717) is 0 Å². The van der Waals surface area contributed by atoms with Gasteiger partial charge in [-0.25, -0.2) is 0 Å². The zero-order valence-corrected chi connectivity index (χ0v) is 10.6. The summed E-state index contributed by atoms with van der Waals surface area (Å²) < 4.78 is 0. The summed E-state index contributed by atoms with van der Waals surface area (Å²) in [7, 11) is 0. The van der Waals surface area contributed by atoms with Crippen molar-refractivity contribution in [2.75, 3.05) is 6.54 Å². The van der Waals surface area contributed by atoms with Gasteiger partial charge in [0, 0.05) is 6.04 Å². The average molecular weight is 209 g/mol. The van der Waals surface area contributed by atoms with Crippen molar-refractivity contribution in [3.63, 3.8) is 0 Å². The van der Waals surface area contributed by atoms with E-state index in [1.165, 1.54) is 25.7 Å². The van der Waals surface area contributed by atoms with E-state index >= 15 is 0 Å². The molecule has 2 rings (SSSR count).